The second kappa shape index (κ2) is 5.91. The van der Waals surface area contributed by atoms with Gasteiger partial charge in [-0.25, -0.2) is 11.0 Å². The largest absolute Gasteiger partial charge is 0.389 e. The van der Waals surface area contributed by atoms with Gasteiger partial charge in [0.25, 0.3) is 0 Å². The first-order chi connectivity index (χ1) is 9.21. The molecule has 0 fully saturated rings. The first-order valence-corrected chi connectivity index (χ1v) is 5.67. The maximum Gasteiger partial charge on any atom is 0.389 e. The molecular formula is C12H11F4N3O. The van der Waals surface area contributed by atoms with Crippen molar-refractivity contribution in [1.82, 2.24) is 5.16 Å². The van der Waals surface area contributed by atoms with Crippen molar-refractivity contribution in [2.75, 3.05) is 0 Å². The number of halogens is 4. The summed E-state index contributed by atoms with van der Waals surface area (Å²) >= 11 is 0. The molecule has 1 aromatic heterocycles. The molecule has 2 atom stereocenters. The third kappa shape index (κ3) is 4.23. The Hall–Kier alpha value is -2.09. The third-order valence-corrected chi connectivity index (χ3v) is 2.69. The van der Waals surface area contributed by atoms with E-state index >= 15 is 0 Å². The van der Waals surface area contributed by atoms with E-state index in [1.807, 2.05) is 0 Å². The van der Waals surface area contributed by atoms with Crippen molar-refractivity contribution in [2.45, 2.75) is 44.1 Å². The van der Waals surface area contributed by atoms with Crippen LogP contribution in [0.4, 0.5) is 17.6 Å². The van der Waals surface area contributed by atoms with Gasteiger partial charge in [0.2, 0.25) is 0 Å². The van der Waals surface area contributed by atoms with E-state index in [1.165, 1.54) is 13.0 Å². The highest BCUT2D eigenvalue weighted by Gasteiger charge is 2.42. The normalized spacial score (nSPS) is 15.9. The summed E-state index contributed by atoms with van der Waals surface area (Å²) in [5.41, 5.74) is -1.78. The summed E-state index contributed by atoms with van der Waals surface area (Å²) < 4.78 is 54.2. The number of alkyl halides is 4. The predicted octanol–water partition coefficient (Wildman–Crippen LogP) is 3.77. The molecule has 20 heavy (non-hydrogen) atoms. The molecule has 1 rings (SSSR count). The first-order valence-electron chi connectivity index (χ1n) is 5.67. The van der Waals surface area contributed by atoms with Crippen LogP contribution in [-0.4, -0.2) is 16.9 Å². The molecule has 0 amide bonds. The van der Waals surface area contributed by atoms with Crippen LogP contribution >= 0.6 is 0 Å². The quantitative estimate of drug-likeness (QED) is 0.612. The minimum Gasteiger partial charge on any atom is -0.358 e. The Balaban J connectivity index is 2.86. The van der Waals surface area contributed by atoms with Gasteiger partial charge in [-0.1, -0.05) is 5.16 Å². The van der Waals surface area contributed by atoms with Gasteiger partial charge in [0.1, 0.15) is 0 Å². The van der Waals surface area contributed by atoms with E-state index in [2.05, 4.69) is 14.5 Å². The fourth-order valence-corrected chi connectivity index (χ4v) is 1.55. The third-order valence-electron chi connectivity index (χ3n) is 2.69. The Kier molecular flexibility index (Phi) is 4.72. The lowest BCUT2D eigenvalue weighted by Gasteiger charge is -2.14. The molecule has 0 saturated heterocycles. The molecule has 108 valence electrons. The molecule has 2 unspecified atom stereocenters. The molecule has 0 aliphatic heterocycles. The Labute approximate surface area is 112 Å². The number of nitriles is 1. The van der Waals surface area contributed by atoms with Crippen LogP contribution < -0.4 is 0 Å². The summed E-state index contributed by atoms with van der Waals surface area (Å²) in [6, 6.07) is 2.80. The maximum absolute atomic E-state index is 12.9. The van der Waals surface area contributed by atoms with Crippen molar-refractivity contribution in [3.8, 4) is 6.07 Å². The topological polar surface area (TPSA) is 54.2 Å². The highest BCUT2D eigenvalue weighted by Crippen LogP contribution is 2.30. The molecule has 0 spiro atoms. The van der Waals surface area contributed by atoms with Crippen LogP contribution in [0, 0.1) is 17.9 Å². The second-order valence-corrected chi connectivity index (χ2v) is 4.38. The van der Waals surface area contributed by atoms with Gasteiger partial charge < -0.3 is 4.52 Å². The molecule has 0 bridgehead atoms. The van der Waals surface area contributed by atoms with E-state index in [0.29, 0.717) is 0 Å². The van der Waals surface area contributed by atoms with E-state index in [-0.39, 0.29) is 17.9 Å². The average Bonchev–Trinajstić information content (AvgIpc) is 2.82. The minimum atomic E-state index is -4.45. The highest BCUT2D eigenvalue weighted by atomic mass is 19.4. The molecule has 4 nitrogen and oxygen atoms in total. The summed E-state index contributed by atoms with van der Waals surface area (Å²) in [6.07, 6.45) is -8.11. The number of rotatable bonds is 5. The Morgan fingerprint density at radius 1 is 1.50 bits per heavy atom. The highest BCUT2D eigenvalue weighted by molar-refractivity contribution is 5.22. The summed E-state index contributed by atoms with van der Waals surface area (Å²) in [6.45, 7) is 8.17. The van der Waals surface area contributed by atoms with E-state index in [1.54, 1.807) is 6.07 Å². The molecule has 8 heteroatoms. The monoisotopic (exact) mass is 289 g/mol. The molecule has 1 heterocycles. The van der Waals surface area contributed by atoms with Crippen molar-refractivity contribution < 1.29 is 22.1 Å². The number of aromatic nitrogens is 1. The summed E-state index contributed by atoms with van der Waals surface area (Å²) in [5.74, 6) is -0.0901. The summed E-state index contributed by atoms with van der Waals surface area (Å²) in [7, 11) is 0. The molecule has 0 saturated carbocycles. The van der Waals surface area contributed by atoms with E-state index in [9.17, 15) is 17.6 Å². The van der Waals surface area contributed by atoms with Crippen molar-refractivity contribution >= 4 is 0 Å². The van der Waals surface area contributed by atoms with Gasteiger partial charge in [-0.3, -0.25) is 4.85 Å². The van der Waals surface area contributed by atoms with Gasteiger partial charge in [-0.05, 0) is 6.92 Å². The van der Waals surface area contributed by atoms with Crippen molar-refractivity contribution in [3.05, 3.63) is 28.9 Å². The first kappa shape index (κ1) is 16.0. The van der Waals surface area contributed by atoms with Crippen LogP contribution in [0.15, 0.2) is 10.6 Å². The maximum atomic E-state index is 12.9. The van der Waals surface area contributed by atoms with Gasteiger partial charge in [0, 0.05) is 12.5 Å². The fraction of sp³-hybridized carbons (Fsp3) is 0.583. The molecule has 0 N–H and O–H groups in total. The number of hydrogen-bond donors (Lipinski definition) is 0. The molecule has 0 radical (unpaired) electrons. The lowest BCUT2D eigenvalue weighted by Crippen LogP contribution is -2.28. The van der Waals surface area contributed by atoms with E-state index < -0.39 is 30.7 Å². The molecule has 0 aliphatic rings. The Morgan fingerprint density at radius 3 is 2.55 bits per heavy atom. The lowest BCUT2D eigenvalue weighted by molar-refractivity contribution is -0.136. The predicted molar refractivity (Wildman–Crippen MR) is 60.0 cm³/mol. The molecular weight excluding hydrogens is 278 g/mol. The van der Waals surface area contributed by atoms with Gasteiger partial charge >= 0.3 is 11.7 Å². The van der Waals surface area contributed by atoms with E-state index in [0.717, 1.165) is 0 Å². The Bertz CT molecular complexity index is 522. The van der Waals surface area contributed by atoms with Gasteiger partial charge in [0.15, 0.2) is 18.0 Å². The average molecular weight is 289 g/mol. The van der Waals surface area contributed by atoms with Gasteiger partial charge in [-0.2, -0.15) is 18.4 Å². The number of hydrogen-bond acceptors (Lipinski definition) is 3. The van der Waals surface area contributed by atoms with Crippen LogP contribution in [0.3, 0.4) is 0 Å². The van der Waals surface area contributed by atoms with Gasteiger partial charge in [0.05, 0.1) is 18.5 Å². The summed E-state index contributed by atoms with van der Waals surface area (Å²) in [4.78, 5) is 3.00. The lowest BCUT2D eigenvalue weighted by atomic mass is 9.90. The van der Waals surface area contributed by atoms with Crippen LogP contribution in [0.2, 0.25) is 0 Å². The molecule has 0 aromatic carbocycles. The number of nitrogens with zero attached hydrogens (tertiary/aromatic N) is 3. The molecule has 0 aliphatic carbocycles. The SMILES string of the molecule is [C-]#[N+]C(C#N)(CCC(F)(F)F)Cc1cc(C(C)F)on1. The minimum absolute atomic E-state index is 0.0872. The zero-order valence-electron chi connectivity index (χ0n) is 10.5. The van der Waals surface area contributed by atoms with Crippen molar-refractivity contribution in [3.63, 3.8) is 0 Å². The molecule has 1 aromatic rings. The Morgan fingerprint density at radius 2 is 2.15 bits per heavy atom. The zero-order chi connectivity index (χ0) is 15.4. The van der Waals surface area contributed by atoms with Crippen LogP contribution in [-0.2, 0) is 6.42 Å². The fourth-order valence-electron chi connectivity index (χ4n) is 1.55. The smallest absolute Gasteiger partial charge is 0.358 e. The standard InChI is InChI=1S/C12H11F4N3O/c1-8(13)10-5-9(19-20-10)6-11(7-17,18-2)3-4-12(14,15)16/h5,8H,3-4,6H2,1H3. The van der Waals surface area contributed by atoms with Crippen LogP contribution in [0.25, 0.3) is 4.85 Å². The zero-order valence-corrected chi connectivity index (χ0v) is 10.5. The second-order valence-electron chi connectivity index (χ2n) is 4.38. The van der Waals surface area contributed by atoms with Gasteiger partial charge in [-0.15, -0.1) is 0 Å². The summed E-state index contributed by atoms with van der Waals surface area (Å²) in [5, 5.41) is 12.5. The van der Waals surface area contributed by atoms with Crippen molar-refractivity contribution in [2.24, 2.45) is 0 Å². The van der Waals surface area contributed by atoms with Crippen molar-refractivity contribution in [1.29, 1.82) is 5.26 Å². The van der Waals surface area contributed by atoms with Crippen LogP contribution in [0.1, 0.15) is 37.4 Å². The van der Waals surface area contributed by atoms with E-state index in [4.69, 9.17) is 11.8 Å². The van der Waals surface area contributed by atoms with Crippen LogP contribution in [0.5, 0.6) is 0 Å².